The normalized spacial score (nSPS) is 15.2. The number of carbonyl (C=O) groups excluding carboxylic acids is 1. The number of pyridine rings is 1. The van der Waals surface area contributed by atoms with Crippen molar-refractivity contribution in [2.45, 2.75) is 11.4 Å². The van der Waals surface area contributed by atoms with Crippen molar-refractivity contribution in [3.63, 3.8) is 0 Å². The summed E-state index contributed by atoms with van der Waals surface area (Å²) in [6.07, 6.45) is 8.64. The quantitative estimate of drug-likeness (QED) is 0.733. The van der Waals surface area contributed by atoms with Crippen molar-refractivity contribution in [2.75, 3.05) is 32.7 Å². The SMILES string of the molecule is C#CCNS(=O)(=O)c1ccc(C(=O)N2CCN(Cc3ccncc3)CC2)cc1. The minimum Gasteiger partial charge on any atom is -0.336 e. The van der Waals surface area contributed by atoms with Gasteiger partial charge in [-0.2, -0.15) is 4.72 Å². The first-order chi connectivity index (χ1) is 13.5. The lowest BCUT2D eigenvalue weighted by molar-refractivity contribution is 0.0628. The average Bonchev–Trinajstić information content (AvgIpc) is 2.73. The maximum absolute atomic E-state index is 12.7. The molecule has 1 fully saturated rings. The van der Waals surface area contributed by atoms with Crippen LogP contribution in [0.25, 0.3) is 0 Å². The van der Waals surface area contributed by atoms with Gasteiger partial charge in [0.05, 0.1) is 11.4 Å². The summed E-state index contributed by atoms with van der Waals surface area (Å²) in [5, 5.41) is 0. The number of carbonyl (C=O) groups is 1. The number of piperazine rings is 1. The van der Waals surface area contributed by atoms with E-state index in [0.717, 1.165) is 19.6 Å². The maximum atomic E-state index is 12.7. The van der Waals surface area contributed by atoms with E-state index in [9.17, 15) is 13.2 Å². The van der Waals surface area contributed by atoms with Gasteiger partial charge in [0.2, 0.25) is 10.0 Å². The molecule has 0 atom stereocenters. The molecule has 2 heterocycles. The molecule has 1 amide bonds. The predicted octanol–water partition coefficient (Wildman–Crippen LogP) is 0.951. The molecule has 1 aliphatic heterocycles. The number of aromatic nitrogens is 1. The Kier molecular flexibility index (Phi) is 6.41. The average molecular weight is 398 g/mol. The van der Waals surface area contributed by atoms with Crippen LogP contribution in [0.4, 0.5) is 0 Å². The van der Waals surface area contributed by atoms with Crippen molar-refractivity contribution in [1.82, 2.24) is 19.5 Å². The van der Waals surface area contributed by atoms with Gasteiger partial charge in [-0.25, -0.2) is 8.42 Å². The third-order valence-corrected chi connectivity index (χ3v) is 6.01. The fourth-order valence-electron chi connectivity index (χ4n) is 3.03. The van der Waals surface area contributed by atoms with Gasteiger partial charge in [-0.15, -0.1) is 6.42 Å². The fourth-order valence-corrected chi connectivity index (χ4v) is 3.97. The van der Waals surface area contributed by atoms with Gasteiger partial charge in [-0.05, 0) is 42.0 Å². The molecule has 7 nitrogen and oxygen atoms in total. The van der Waals surface area contributed by atoms with Gasteiger partial charge < -0.3 is 4.90 Å². The van der Waals surface area contributed by atoms with Crippen molar-refractivity contribution in [1.29, 1.82) is 0 Å². The third kappa shape index (κ3) is 4.95. The van der Waals surface area contributed by atoms with Gasteiger partial charge >= 0.3 is 0 Å². The second kappa shape index (κ2) is 8.97. The second-order valence-corrected chi connectivity index (χ2v) is 8.24. The van der Waals surface area contributed by atoms with Crippen LogP contribution in [-0.2, 0) is 16.6 Å². The number of hydrogen-bond acceptors (Lipinski definition) is 5. The molecule has 8 heteroatoms. The lowest BCUT2D eigenvalue weighted by Crippen LogP contribution is -2.48. The molecule has 0 radical (unpaired) electrons. The molecule has 146 valence electrons. The Morgan fingerprint density at radius 3 is 2.32 bits per heavy atom. The summed E-state index contributed by atoms with van der Waals surface area (Å²) in [5.41, 5.74) is 1.67. The summed E-state index contributed by atoms with van der Waals surface area (Å²) < 4.78 is 26.4. The highest BCUT2D eigenvalue weighted by Crippen LogP contribution is 2.14. The molecule has 3 rings (SSSR count). The Labute approximate surface area is 165 Å². The van der Waals surface area contributed by atoms with E-state index in [0.29, 0.717) is 18.7 Å². The molecular weight excluding hydrogens is 376 g/mol. The number of nitrogens with zero attached hydrogens (tertiary/aromatic N) is 3. The number of sulfonamides is 1. The molecule has 1 saturated heterocycles. The van der Waals surface area contributed by atoms with Gasteiger partial charge in [0.25, 0.3) is 5.91 Å². The van der Waals surface area contributed by atoms with Gasteiger partial charge in [0, 0.05) is 50.7 Å². The van der Waals surface area contributed by atoms with Crippen LogP contribution in [0.2, 0.25) is 0 Å². The van der Waals surface area contributed by atoms with Gasteiger partial charge in [0.15, 0.2) is 0 Å². The summed E-state index contributed by atoms with van der Waals surface area (Å²) in [4.78, 5) is 20.9. The molecule has 1 aromatic heterocycles. The van der Waals surface area contributed by atoms with Gasteiger partial charge in [0.1, 0.15) is 0 Å². The first-order valence-electron chi connectivity index (χ1n) is 8.93. The molecular formula is C20H22N4O3S. The monoisotopic (exact) mass is 398 g/mol. The lowest BCUT2D eigenvalue weighted by atomic mass is 10.1. The molecule has 1 aliphatic rings. The smallest absolute Gasteiger partial charge is 0.253 e. The van der Waals surface area contributed by atoms with Crippen molar-refractivity contribution >= 4 is 15.9 Å². The minimum absolute atomic E-state index is 0.0766. The van der Waals surface area contributed by atoms with Gasteiger partial charge in [-0.3, -0.25) is 14.7 Å². The summed E-state index contributed by atoms with van der Waals surface area (Å²) in [7, 11) is -3.66. The topological polar surface area (TPSA) is 82.6 Å². The molecule has 0 saturated carbocycles. The molecule has 0 unspecified atom stereocenters. The number of terminal acetylenes is 1. The van der Waals surface area contributed by atoms with Crippen molar-refractivity contribution in [3.8, 4) is 12.3 Å². The molecule has 2 aromatic rings. The highest BCUT2D eigenvalue weighted by molar-refractivity contribution is 7.89. The Hall–Kier alpha value is -2.73. The number of rotatable bonds is 6. The largest absolute Gasteiger partial charge is 0.336 e. The van der Waals surface area contributed by atoms with Crippen LogP contribution >= 0.6 is 0 Å². The summed E-state index contributed by atoms with van der Waals surface area (Å²) in [5.74, 6) is 2.13. The zero-order valence-electron chi connectivity index (χ0n) is 15.4. The fraction of sp³-hybridized carbons (Fsp3) is 0.300. The van der Waals surface area contributed by atoms with Crippen molar-refractivity contribution in [2.24, 2.45) is 0 Å². The highest BCUT2D eigenvalue weighted by atomic mass is 32.2. The molecule has 1 aromatic carbocycles. The second-order valence-electron chi connectivity index (χ2n) is 6.48. The van der Waals surface area contributed by atoms with E-state index in [2.05, 4.69) is 20.5 Å². The number of nitrogens with one attached hydrogen (secondary N) is 1. The first-order valence-corrected chi connectivity index (χ1v) is 10.4. The van der Waals surface area contributed by atoms with Crippen LogP contribution in [0.1, 0.15) is 15.9 Å². The number of hydrogen-bond donors (Lipinski definition) is 1. The zero-order chi connectivity index (χ0) is 20.0. The molecule has 0 bridgehead atoms. The summed E-state index contributed by atoms with van der Waals surface area (Å²) >= 11 is 0. The van der Waals surface area contributed by atoms with E-state index in [1.807, 2.05) is 12.1 Å². The zero-order valence-corrected chi connectivity index (χ0v) is 16.2. The molecule has 1 N–H and O–H groups in total. The molecule has 0 aliphatic carbocycles. The Balaban J connectivity index is 1.57. The van der Waals surface area contributed by atoms with Gasteiger partial charge in [-0.1, -0.05) is 5.92 Å². The standard InChI is InChI=1S/C20H22N4O3S/c1-2-9-22-28(26,27)19-5-3-18(4-6-19)20(25)24-14-12-23(13-15-24)16-17-7-10-21-11-8-17/h1,3-8,10-11,22H,9,12-16H2. The predicted molar refractivity (Wildman–Crippen MR) is 106 cm³/mol. The van der Waals surface area contributed by atoms with E-state index in [4.69, 9.17) is 6.42 Å². The van der Waals surface area contributed by atoms with E-state index in [-0.39, 0.29) is 17.3 Å². The minimum atomic E-state index is -3.66. The lowest BCUT2D eigenvalue weighted by Gasteiger charge is -2.34. The van der Waals surface area contributed by atoms with E-state index in [1.54, 1.807) is 17.3 Å². The number of benzene rings is 1. The van der Waals surface area contributed by atoms with Crippen LogP contribution in [0, 0.1) is 12.3 Å². The summed E-state index contributed by atoms with van der Waals surface area (Å²) in [6.45, 7) is 3.60. The van der Waals surface area contributed by atoms with E-state index >= 15 is 0 Å². The highest BCUT2D eigenvalue weighted by Gasteiger charge is 2.22. The van der Waals surface area contributed by atoms with Crippen LogP contribution < -0.4 is 4.72 Å². The van der Waals surface area contributed by atoms with Crippen LogP contribution in [0.5, 0.6) is 0 Å². The Morgan fingerprint density at radius 2 is 1.71 bits per heavy atom. The Morgan fingerprint density at radius 1 is 1.07 bits per heavy atom. The van der Waals surface area contributed by atoms with Crippen molar-refractivity contribution < 1.29 is 13.2 Å². The van der Waals surface area contributed by atoms with Crippen LogP contribution in [0.3, 0.4) is 0 Å². The maximum Gasteiger partial charge on any atom is 0.253 e. The molecule has 0 spiro atoms. The molecule has 28 heavy (non-hydrogen) atoms. The number of amides is 1. The Bertz CT molecular complexity index is 945. The van der Waals surface area contributed by atoms with Crippen molar-refractivity contribution in [3.05, 3.63) is 59.9 Å². The first kappa shape index (κ1) is 20.0. The van der Waals surface area contributed by atoms with E-state index in [1.165, 1.54) is 29.8 Å². The van der Waals surface area contributed by atoms with Crippen LogP contribution in [-0.4, -0.2) is 61.8 Å². The summed E-state index contributed by atoms with van der Waals surface area (Å²) in [6, 6.07) is 9.90. The van der Waals surface area contributed by atoms with Crippen LogP contribution in [0.15, 0.2) is 53.7 Å². The van der Waals surface area contributed by atoms with E-state index < -0.39 is 10.0 Å². The third-order valence-electron chi connectivity index (χ3n) is 4.59.